The van der Waals surface area contributed by atoms with Gasteiger partial charge in [0.25, 0.3) is 0 Å². The van der Waals surface area contributed by atoms with Gasteiger partial charge in [0.05, 0.1) is 19.3 Å². The molecule has 70 valence electrons. The number of hydrogen-bond acceptors (Lipinski definition) is 2. The standard InChI is InChI=1S/C10H12FNO/c11-9-3-1-2-8(6-9)10-7-13-5-4-12-10/h1-3,6,10,12H,4-5,7H2/t10-/m0/s1. The molecule has 0 spiro atoms. The molecular weight excluding hydrogens is 169 g/mol. The van der Waals surface area contributed by atoms with E-state index in [-0.39, 0.29) is 11.9 Å². The van der Waals surface area contributed by atoms with Crippen LogP contribution in [0.2, 0.25) is 0 Å². The van der Waals surface area contributed by atoms with Crippen molar-refractivity contribution in [2.24, 2.45) is 0 Å². The maximum absolute atomic E-state index is 12.9. The van der Waals surface area contributed by atoms with Crippen molar-refractivity contribution in [3.8, 4) is 0 Å². The van der Waals surface area contributed by atoms with Gasteiger partial charge in [-0.1, -0.05) is 12.1 Å². The first-order valence-corrected chi connectivity index (χ1v) is 4.43. The van der Waals surface area contributed by atoms with Crippen molar-refractivity contribution in [2.45, 2.75) is 6.04 Å². The van der Waals surface area contributed by atoms with Crippen LogP contribution in [0.15, 0.2) is 24.3 Å². The molecule has 0 bridgehead atoms. The summed E-state index contributed by atoms with van der Waals surface area (Å²) in [5, 5.41) is 3.27. The van der Waals surface area contributed by atoms with E-state index in [0.717, 1.165) is 18.7 Å². The zero-order valence-corrected chi connectivity index (χ0v) is 7.29. The van der Waals surface area contributed by atoms with Crippen LogP contribution in [0.4, 0.5) is 4.39 Å². The highest BCUT2D eigenvalue weighted by Gasteiger charge is 2.14. The van der Waals surface area contributed by atoms with Crippen molar-refractivity contribution in [1.29, 1.82) is 0 Å². The molecule has 0 amide bonds. The SMILES string of the molecule is Fc1cccc([C@@H]2COCCN2)c1. The normalized spacial score (nSPS) is 23.0. The number of nitrogens with one attached hydrogen (secondary N) is 1. The van der Waals surface area contributed by atoms with Crippen LogP contribution in [0.5, 0.6) is 0 Å². The average Bonchev–Trinajstić information content (AvgIpc) is 2.19. The summed E-state index contributed by atoms with van der Waals surface area (Å²) in [6, 6.07) is 6.78. The maximum atomic E-state index is 12.9. The Labute approximate surface area is 76.7 Å². The second-order valence-corrected chi connectivity index (χ2v) is 3.14. The third-order valence-electron chi connectivity index (χ3n) is 2.17. The van der Waals surface area contributed by atoms with Crippen molar-refractivity contribution in [3.63, 3.8) is 0 Å². The molecule has 1 aliphatic heterocycles. The maximum Gasteiger partial charge on any atom is 0.123 e. The molecule has 1 aromatic carbocycles. The molecule has 1 heterocycles. The number of rotatable bonds is 1. The molecule has 0 radical (unpaired) electrons. The molecule has 0 aliphatic carbocycles. The van der Waals surface area contributed by atoms with Crippen LogP contribution in [-0.2, 0) is 4.74 Å². The molecule has 0 saturated carbocycles. The summed E-state index contributed by atoms with van der Waals surface area (Å²) >= 11 is 0. The molecule has 1 atom stereocenters. The minimum atomic E-state index is -0.190. The lowest BCUT2D eigenvalue weighted by molar-refractivity contribution is 0.0768. The minimum absolute atomic E-state index is 0.143. The Kier molecular flexibility index (Phi) is 2.57. The van der Waals surface area contributed by atoms with Crippen LogP contribution in [0.1, 0.15) is 11.6 Å². The fourth-order valence-electron chi connectivity index (χ4n) is 1.50. The Hall–Kier alpha value is -0.930. The van der Waals surface area contributed by atoms with Gasteiger partial charge in [-0.25, -0.2) is 4.39 Å². The summed E-state index contributed by atoms with van der Waals surface area (Å²) in [5.74, 6) is -0.190. The Morgan fingerprint density at radius 2 is 2.38 bits per heavy atom. The van der Waals surface area contributed by atoms with Crippen molar-refractivity contribution >= 4 is 0 Å². The monoisotopic (exact) mass is 181 g/mol. The smallest absolute Gasteiger partial charge is 0.123 e. The Morgan fingerprint density at radius 3 is 3.08 bits per heavy atom. The van der Waals surface area contributed by atoms with Gasteiger partial charge in [-0.15, -0.1) is 0 Å². The zero-order valence-electron chi connectivity index (χ0n) is 7.29. The van der Waals surface area contributed by atoms with Crippen LogP contribution >= 0.6 is 0 Å². The van der Waals surface area contributed by atoms with Gasteiger partial charge < -0.3 is 10.1 Å². The number of morpholine rings is 1. The summed E-state index contributed by atoms with van der Waals surface area (Å²) in [6.45, 7) is 2.20. The highest BCUT2D eigenvalue weighted by atomic mass is 19.1. The Morgan fingerprint density at radius 1 is 1.46 bits per heavy atom. The summed E-state index contributed by atoms with van der Waals surface area (Å²) in [4.78, 5) is 0. The second-order valence-electron chi connectivity index (χ2n) is 3.14. The highest BCUT2D eigenvalue weighted by molar-refractivity contribution is 5.20. The lowest BCUT2D eigenvalue weighted by Gasteiger charge is -2.24. The molecule has 1 aliphatic rings. The van der Waals surface area contributed by atoms with E-state index >= 15 is 0 Å². The van der Waals surface area contributed by atoms with Gasteiger partial charge >= 0.3 is 0 Å². The van der Waals surface area contributed by atoms with Crippen LogP contribution in [0.25, 0.3) is 0 Å². The first kappa shape index (κ1) is 8.66. The number of halogens is 1. The second kappa shape index (κ2) is 3.85. The quantitative estimate of drug-likeness (QED) is 0.708. The largest absolute Gasteiger partial charge is 0.378 e. The fourth-order valence-corrected chi connectivity index (χ4v) is 1.50. The van der Waals surface area contributed by atoms with Gasteiger partial charge in [-0.05, 0) is 17.7 Å². The number of benzene rings is 1. The van der Waals surface area contributed by atoms with Gasteiger partial charge in [-0.3, -0.25) is 0 Å². The predicted octanol–water partition coefficient (Wildman–Crippen LogP) is 1.49. The molecule has 3 heteroatoms. The third-order valence-corrected chi connectivity index (χ3v) is 2.17. The lowest BCUT2D eigenvalue weighted by atomic mass is 10.1. The molecule has 0 aromatic heterocycles. The summed E-state index contributed by atoms with van der Waals surface area (Å²) in [6.07, 6.45) is 0. The van der Waals surface area contributed by atoms with Gasteiger partial charge in [0.15, 0.2) is 0 Å². The number of ether oxygens (including phenoxy) is 1. The average molecular weight is 181 g/mol. The first-order valence-electron chi connectivity index (χ1n) is 4.43. The van der Waals surface area contributed by atoms with E-state index in [9.17, 15) is 4.39 Å². The molecule has 2 nitrogen and oxygen atoms in total. The molecule has 0 unspecified atom stereocenters. The van der Waals surface area contributed by atoms with E-state index in [0.29, 0.717) is 6.61 Å². The van der Waals surface area contributed by atoms with E-state index in [2.05, 4.69) is 5.32 Å². The van der Waals surface area contributed by atoms with E-state index in [1.54, 1.807) is 12.1 Å². The van der Waals surface area contributed by atoms with Crippen molar-refractivity contribution < 1.29 is 9.13 Å². The fraction of sp³-hybridized carbons (Fsp3) is 0.400. The molecular formula is C10H12FNO. The Balaban J connectivity index is 2.14. The van der Waals surface area contributed by atoms with E-state index < -0.39 is 0 Å². The minimum Gasteiger partial charge on any atom is -0.378 e. The van der Waals surface area contributed by atoms with Crippen molar-refractivity contribution in [1.82, 2.24) is 5.32 Å². The lowest BCUT2D eigenvalue weighted by Crippen LogP contribution is -2.34. The summed E-state index contributed by atoms with van der Waals surface area (Å²) in [7, 11) is 0. The van der Waals surface area contributed by atoms with Crippen molar-refractivity contribution in [2.75, 3.05) is 19.8 Å². The molecule has 1 aromatic rings. The highest BCUT2D eigenvalue weighted by Crippen LogP contribution is 2.16. The van der Waals surface area contributed by atoms with Gasteiger partial charge in [0.2, 0.25) is 0 Å². The molecule has 13 heavy (non-hydrogen) atoms. The van der Waals surface area contributed by atoms with Gasteiger partial charge in [0.1, 0.15) is 5.82 Å². The number of hydrogen-bond donors (Lipinski definition) is 1. The van der Waals surface area contributed by atoms with Crippen LogP contribution in [0, 0.1) is 5.82 Å². The third kappa shape index (κ3) is 2.05. The molecule has 1 N–H and O–H groups in total. The van der Waals surface area contributed by atoms with Crippen LogP contribution in [-0.4, -0.2) is 19.8 Å². The van der Waals surface area contributed by atoms with Crippen LogP contribution in [0.3, 0.4) is 0 Å². The van der Waals surface area contributed by atoms with E-state index in [4.69, 9.17) is 4.74 Å². The predicted molar refractivity (Wildman–Crippen MR) is 48.0 cm³/mol. The molecule has 1 saturated heterocycles. The van der Waals surface area contributed by atoms with Crippen molar-refractivity contribution in [3.05, 3.63) is 35.6 Å². The molecule has 1 fully saturated rings. The zero-order chi connectivity index (χ0) is 9.10. The van der Waals surface area contributed by atoms with Gasteiger partial charge in [-0.2, -0.15) is 0 Å². The van der Waals surface area contributed by atoms with E-state index in [1.807, 2.05) is 6.07 Å². The van der Waals surface area contributed by atoms with Gasteiger partial charge in [0, 0.05) is 6.54 Å². The Bertz CT molecular complexity index is 284. The topological polar surface area (TPSA) is 21.3 Å². The first-order chi connectivity index (χ1) is 6.36. The summed E-state index contributed by atoms with van der Waals surface area (Å²) < 4.78 is 18.1. The van der Waals surface area contributed by atoms with E-state index in [1.165, 1.54) is 6.07 Å². The van der Waals surface area contributed by atoms with Crippen LogP contribution < -0.4 is 5.32 Å². The molecule has 2 rings (SSSR count). The summed E-state index contributed by atoms with van der Waals surface area (Å²) in [5.41, 5.74) is 0.958.